The van der Waals surface area contributed by atoms with Crippen LogP contribution >= 0.6 is 12.4 Å². The number of rotatable bonds is 5. The van der Waals surface area contributed by atoms with Crippen LogP contribution in [0.5, 0.6) is 5.75 Å². The summed E-state index contributed by atoms with van der Waals surface area (Å²) in [5, 5.41) is 9.79. The van der Waals surface area contributed by atoms with Crippen molar-refractivity contribution in [1.82, 2.24) is 0 Å². The average Bonchev–Trinajstić information content (AvgIpc) is 2.28. The molecule has 5 heteroatoms. The van der Waals surface area contributed by atoms with Crippen molar-refractivity contribution in [3.8, 4) is 5.75 Å². The van der Waals surface area contributed by atoms with Crippen molar-refractivity contribution in [2.24, 2.45) is 5.73 Å². The molecule has 0 aliphatic heterocycles. The lowest BCUT2D eigenvalue weighted by atomic mass is 9.98. The van der Waals surface area contributed by atoms with Crippen LogP contribution in [0.4, 0.5) is 4.39 Å². The molecule has 0 radical (unpaired) electrons. The normalized spacial score (nSPS) is 13.7. The number of nitrogens with two attached hydrogens (primary N) is 1. The summed E-state index contributed by atoms with van der Waals surface area (Å²) in [5.74, 6) is 0.000402. The van der Waals surface area contributed by atoms with E-state index in [2.05, 4.69) is 0 Å². The molecular weight excluding hydrogens is 245 g/mol. The number of benzene rings is 1. The van der Waals surface area contributed by atoms with Crippen molar-refractivity contribution in [2.75, 3.05) is 7.11 Å². The molecule has 1 aromatic carbocycles. The first-order valence-electron chi connectivity index (χ1n) is 5.37. The van der Waals surface area contributed by atoms with Crippen LogP contribution in [0.25, 0.3) is 0 Å². The van der Waals surface area contributed by atoms with Gasteiger partial charge in [0.15, 0.2) is 0 Å². The topological polar surface area (TPSA) is 55.5 Å². The zero-order chi connectivity index (χ0) is 12.1. The van der Waals surface area contributed by atoms with Crippen LogP contribution in [0, 0.1) is 5.82 Å². The van der Waals surface area contributed by atoms with E-state index in [1.807, 2.05) is 6.92 Å². The molecule has 0 amide bonds. The van der Waals surface area contributed by atoms with E-state index in [0.29, 0.717) is 17.7 Å². The van der Waals surface area contributed by atoms with Gasteiger partial charge in [0.2, 0.25) is 0 Å². The minimum Gasteiger partial charge on any atom is -0.496 e. The van der Waals surface area contributed by atoms with E-state index >= 15 is 0 Å². The maximum absolute atomic E-state index is 13.0. The van der Waals surface area contributed by atoms with Crippen LogP contribution < -0.4 is 10.5 Å². The van der Waals surface area contributed by atoms with Gasteiger partial charge < -0.3 is 15.6 Å². The number of hydrogen-bond acceptors (Lipinski definition) is 3. The third-order valence-corrected chi connectivity index (χ3v) is 2.55. The molecule has 0 aliphatic rings. The highest BCUT2D eigenvalue weighted by molar-refractivity contribution is 5.85. The van der Waals surface area contributed by atoms with Gasteiger partial charge in [0, 0.05) is 11.6 Å². The van der Waals surface area contributed by atoms with E-state index in [1.54, 1.807) is 6.07 Å². The van der Waals surface area contributed by atoms with Crippen LogP contribution in [0.3, 0.4) is 0 Å². The fourth-order valence-electron chi connectivity index (χ4n) is 1.64. The number of aliphatic hydroxyl groups is 1. The fraction of sp³-hybridized carbons (Fsp3) is 0.500. The first-order chi connectivity index (χ1) is 7.60. The molecule has 98 valence electrons. The molecule has 1 rings (SSSR count). The number of aliphatic hydroxyl groups excluding tert-OH is 1. The van der Waals surface area contributed by atoms with E-state index in [4.69, 9.17) is 10.5 Å². The predicted octanol–water partition coefficient (Wildman–Crippen LogP) is 2.42. The van der Waals surface area contributed by atoms with Crippen molar-refractivity contribution in [3.63, 3.8) is 0 Å². The Morgan fingerprint density at radius 3 is 2.65 bits per heavy atom. The molecule has 0 heterocycles. The molecule has 0 aliphatic carbocycles. The van der Waals surface area contributed by atoms with Crippen molar-refractivity contribution in [1.29, 1.82) is 0 Å². The third kappa shape index (κ3) is 4.15. The first kappa shape index (κ1) is 16.2. The molecule has 1 aromatic rings. The molecule has 2 atom stereocenters. The van der Waals surface area contributed by atoms with Gasteiger partial charge in [-0.05, 0) is 12.5 Å². The van der Waals surface area contributed by atoms with E-state index in [9.17, 15) is 9.50 Å². The van der Waals surface area contributed by atoms with Crippen LogP contribution in [0.15, 0.2) is 18.2 Å². The lowest BCUT2D eigenvalue weighted by Crippen LogP contribution is -2.26. The van der Waals surface area contributed by atoms with E-state index in [1.165, 1.54) is 19.2 Å². The van der Waals surface area contributed by atoms with E-state index in [0.717, 1.165) is 6.42 Å². The molecule has 0 spiro atoms. The highest BCUT2D eigenvalue weighted by Crippen LogP contribution is 2.27. The standard InChI is InChI=1S/C12H18FNO2.ClH/c1-3-4-10(15)12(14)9-6-5-8(13)7-11(9)16-2;/h5-7,10,12,15H,3-4,14H2,1-2H3;1H/t10-,12+;/m1./s1. The Bertz CT molecular complexity index is 349. The Labute approximate surface area is 107 Å². The lowest BCUT2D eigenvalue weighted by molar-refractivity contribution is 0.133. The second kappa shape index (κ2) is 7.48. The average molecular weight is 264 g/mol. The van der Waals surface area contributed by atoms with Crippen molar-refractivity contribution in [2.45, 2.75) is 31.9 Å². The molecule has 0 aromatic heterocycles. The minimum absolute atomic E-state index is 0. The van der Waals surface area contributed by atoms with Gasteiger partial charge in [0.05, 0.1) is 19.3 Å². The van der Waals surface area contributed by atoms with Gasteiger partial charge in [-0.1, -0.05) is 19.4 Å². The van der Waals surface area contributed by atoms with Crippen LogP contribution in [-0.4, -0.2) is 18.3 Å². The van der Waals surface area contributed by atoms with Gasteiger partial charge in [-0.2, -0.15) is 0 Å². The fourth-order valence-corrected chi connectivity index (χ4v) is 1.64. The highest BCUT2D eigenvalue weighted by Gasteiger charge is 2.19. The number of methoxy groups -OCH3 is 1. The second-order valence-electron chi connectivity index (χ2n) is 3.77. The molecule has 0 saturated carbocycles. The summed E-state index contributed by atoms with van der Waals surface area (Å²) in [5.41, 5.74) is 6.53. The van der Waals surface area contributed by atoms with Gasteiger partial charge >= 0.3 is 0 Å². The van der Waals surface area contributed by atoms with Crippen LogP contribution in [0.2, 0.25) is 0 Å². The largest absolute Gasteiger partial charge is 0.496 e. The summed E-state index contributed by atoms with van der Waals surface area (Å²) < 4.78 is 18.0. The third-order valence-electron chi connectivity index (χ3n) is 2.55. The molecule has 0 fully saturated rings. The molecule has 3 nitrogen and oxygen atoms in total. The minimum atomic E-state index is -0.635. The zero-order valence-electron chi connectivity index (χ0n) is 10.0. The van der Waals surface area contributed by atoms with Gasteiger partial charge in [-0.15, -0.1) is 12.4 Å². The monoisotopic (exact) mass is 263 g/mol. The Hall–Kier alpha value is -0.840. The van der Waals surface area contributed by atoms with Crippen molar-refractivity contribution in [3.05, 3.63) is 29.6 Å². The first-order valence-corrected chi connectivity index (χ1v) is 5.37. The summed E-state index contributed by atoms with van der Waals surface area (Å²) in [4.78, 5) is 0. The maximum Gasteiger partial charge on any atom is 0.126 e. The Kier molecular flexibility index (Phi) is 7.11. The highest BCUT2D eigenvalue weighted by atomic mass is 35.5. The lowest BCUT2D eigenvalue weighted by Gasteiger charge is -2.20. The zero-order valence-corrected chi connectivity index (χ0v) is 10.8. The summed E-state index contributed by atoms with van der Waals surface area (Å²) in [6.45, 7) is 1.97. The molecule has 3 N–H and O–H groups in total. The summed E-state index contributed by atoms with van der Waals surface area (Å²) in [6.07, 6.45) is 0.824. The van der Waals surface area contributed by atoms with Crippen molar-refractivity contribution >= 4 is 12.4 Å². The number of halogens is 2. The SMILES string of the molecule is CCC[C@@H](O)[C@@H](N)c1ccc(F)cc1OC.Cl. The quantitative estimate of drug-likeness (QED) is 0.858. The summed E-state index contributed by atoms with van der Waals surface area (Å²) >= 11 is 0. The second-order valence-corrected chi connectivity index (χ2v) is 3.77. The maximum atomic E-state index is 13.0. The van der Waals surface area contributed by atoms with Crippen LogP contribution in [0.1, 0.15) is 31.4 Å². The van der Waals surface area contributed by atoms with Crippen LogP contribution in [-0.2, 0) is 0 Å². The van der Waals surface area contributed by atoms with Gasteiger partial charge in [0.25, 0.3) is 0 Å². The molecule has 0 bridgehead atoms. The van der Waals surface area contributed by atoms with Crippen molar-refractivity contribution < 1.29 is 14.2 Å². The van der Waals surface area contributed by atoms with Gasteiger partial charge in [-0.3, -0.25) is 0 Å². The van der Waals surface area contributed by atoms with E-state index in [-0.39, 0.29) is 18.2 Å². The number of ether oxygens (including phenoxy) is 1. The van der Waals surface area contributed by atoms with E-state index < -0.39 is 12.1 Å². The predicted molar refractivity (Wildman–Crippen MR) is 68.0 cm³/mol. The van der Waals surface area contributed by atoms with Gasteiger partial charge in [-0.25, -0.2) is 4.39 Å². The Morgan fingerprint density at radius 1 is 1.47 bits per heavy atom. The molecular formula is C12H19ClFNO2. The summed E-state index contributed by atoms with van der Waals surface area (Å²) in [6, 6.07) is 3.59. The number of hydrogen-bond donors (Lipinski definition) is 2. The Balaban J connectivity index is 0.00000256. The smallest absolute Gasteiger partial charge is 0.126 e. The summed E-state index contributed by atoms with van der Waals surface area (Å²) in [7, 11) is 1.46. The molecule has 0 saturated heterocycles. The molecule has 0 unspecified atom stereocenters. The Morgan fingerprint density at radius 2 is 2.12 bits per heavy atom. The van der Waals surface area contributed by atoms with Gasteiger partial charge in [0.1, 0.15) is 11.6 Å². The molecule has 17 heavy (non-hydrogen) atoms.